The van der Waals surface area contributed by atoms with Crippen molar-refractivity contribution in [2.45, 2.75) is 25.8 Å². The molecule has 2 rings (SSSR count). The van der Waals surface area contributed by atoms with Crippen molar-refractivity contribution >= 4 is 35.6 Å². The molecule has 0 spiro atoms. The van der Waals surface area contributed by atoms with Gasteiger partial charge in [-0.25, -0.2) is 0 Å². The van der Waals surface area contributed by atoms with Crippen LogP contribution in [0.4, 0.5) is 5.69 Å². The number of rotatable bonds is 8. The lowest BCUT2D eigenvalue weighted by atomic mass is 10.0. The molecule has 1 fully saturated rings. The molecule has 0 unspecified atom stereocenters. The number of hydrogen-bond donors (Lipinski definition) is 3. The molecule has 148 valence electrons. The highest BCUT2D eigenvalue weighted by molar-refractivity contribution is 14.0. The van der Waals surface area contributed by atoms with Crippen molar-refractivity contribution < 1.29 is 4.74 Å². The zero-order valence-corrected chi connectivity index (χ0v) is 18.6. The van der Waals surface area contributed by atoms with Gasteiger partial charge in [0, 0.05) is 51.0 Å². The topological polar surface area (TPSA) is 60.9 Å². The van der Waals surface area contributed by atoms with Crippen LogP contribution in [0.15, 0.2) is 35.3 Å². The highest BCUT2D eigenvalue weighted by Gasteiger charge is 2.28. The summed E-state index contributed by atoms with van der Waals surface area (Å²) in [5, 5.41) is 10.3. The van der Waals surface area contributed by atoms with Crippen LogP contribution in [0.25, 0.3) is 0 Å². The standard InChI is InChI=1S/C19H33N5O.HI/c1-19(2,24-12-14-25-15-13-24)16-23-18(20-3)22-11-7-10-21-17-8-5-4-6-9-17;/h4-6,8-9,21H,7,10-16H2,1-3H3,(H2,20,22,23);1H. The summed E-state index contributed by atoms with van der Waals surface area (Å²) >= 11 is 0. The van der Waals surface area contributed by atoms with Crippen molar-refractivity contribution in [1.82, 2.24) is 15.5 Å². The number of benzene rings is 1. The molecule has 26 heavy (non-hydrogen) atoms. The van der Waals surface area contributed by atoms with Crippen LogP contribution in [0, 0.1) is 0 Å². The van der Waals surface area contributed by atoms with E-state index in [0.29, 0.717) is 0 Å². The smallest absolute Gasteiger partial charge is 0.191 e. The van der Waals surface area contributed by atoms with Gasteiger partial charge in [-0.05, 0) is 32.4 Å². The number of anilines is 1. The van der Waals surface area contributed by atoms with Crippen molar-refractivity contribution in [1.29, 1.82) is 0 Å². The first kappa shape index (κ1) is 23.0. The van der Waals surface area contributed by atoms with E-state index in [-0.39, 0.29) is 29.5 Å². The number of ether oxygens (including phenoxy) is 1. The van der Waals surface area contributed by atoms with Crippen LogP contribution in [0.1, 0.15) is 20.3 Å². The number of nitrogens with zero attached hydrogens (tertiary/aromatic N) is 2. The summed E-state index contributed by atoms with van der Waals surface area (Å²) in [6.45, 7) is 10.8. The average molecular weight is 475 g/mol. The maximum atomic E-state index is 5.45. The minimum absolute atomic E-state index is 0. The van der Waals surface area contributed by atoms with Gasteiger partial charge in [0.15, 0.2) is 5.96 Å². The van der Waals surface area contributed by atoms with E-state index in [1.807, 2.05) is 25.2 Å². The number of halogens is 1. The maximum Gasteiger partial charge on any atom is 0.191 e. The summed E-state index contributed by atoms with van der Waals surface area (Å²) in [6, 6.07) is 10.3. The number of hydrogen-bond acceptors (Lipinski definition) is 4. The fourth-order valence-electron chi connectivity index (χ4n) is 2.89. The second-order valence-electron chi connectivity index (χ2n) is 6.91. The Labute approximate surface area is 175 Å². The van der Waals surface area contributed by atoms with Crippen molar-refractivity contribution in [3.8, 4) is 0 Å². The van der Waals surface area contributed by atoms with Gasteiger partial charge in [-0.3, -0.25) is 9.89 Å². The molecule has 0 atom stereocenters. The van der Waals surface area contributed by atoms with E-state index in [9.17, 15) is 0 Å². The Bertz CT molecular complexity index is 518. The second kappa shape index (κ2) is 12.3. The van der Waals surface area contributed by atoms with Crippen molar-refractivity contribution in [2.75, 3.05) is 58.3 Å². The molecule has 0 aromatic heterocycles. The monoisotopic (exact) mass is 475 g/mol. The van der Waals surface area contributed by atoms with Crippen molar-refractivity contribution in [2.24, 2.45) is 4.99 Å². The zero-order chi connectivity index (χ0) is 18.0. The molecule has 1 aromatic rings. The van der Waals surface area contributed by atoms with Crippen LogP contribution in [0.5, 0.6) is 0 Å². The second-order valence-corrected chi connectivity index (χ2v) is 6.91. The van der Waals surface area contributed by atoms with Gasteiger partial charge in [-0.15, -0.1) is 24.0 Å². The van der Waals surface area contributed by atoms with Crippen LogP contribution in [0.2, 0.25) is 0 Å². The Morgan fingerprint density at radius 2 is 1.81 bits per heavy atom. The molecule has 7 heteroatoms. The van der Waals surface area contributed by atoms with Gasteiger partial charge in [0.25, 0.3) is 0 Å². The molecule has 1 heterocycles. The maximum absolute atomic E-state index is 5.45. The van der Waals surface area contributed by atoms with Gasteiger partial charge in [-0.1, -0.05) is 18.2 Å². The summed E-state index contributed by atoms with van der Waals surface area (Å²) in [5.41, 5.74) is 1.24. The van der Waals surface area contributed by atoms with Crippen LogP contribution < -0.4 is 16.0 Å². The third kappa shape index (κ3) is 8.09. The van der Waals surface area contributed by atoms with E-state index in [1.165, 1.54) is 0 Å². The van der Waals surface area contributed by atoms with E-state index in [4.69, 9.17) is 4.74 Å². The molecule has 0 amide bonds. The van der Waals surface area contributed by atoms with Crippen LogP contribution in [0.3, 0.4) is 0 Å². The fourth-order valence-corrected chi connectivity index (χ4v) is 2.89. The Balaban J connectivity index is 0.00000338. The molecule has 6 nitrogen and oxygen atoms in total. The number of para-hydroxylation sites is 1. The minimum atomic E-state index is 0. The molecule has 0 aliphatic carbocycles. The lowest BCUT2D eigenvalue weighted by Crippen LogP contribution is -2.56. The van der Waals surface area contributed by atoms with Crippen LogP contribution >= 0.6 is 24.0 Å². The van der Waals surface area contributed by atoms with Gasteiger partial charge >= 0.3 is 0 Å². The quantitative estimate of drug-likeness (QED) is 0.233. The lowest BCUT2D eigenvalue weighted by molar-refractivity contribution is -0.00833. The summed E-state index contributed by atoms with van der Waals surface area (Å²) in [7, 11) is 1.82. The van der Waals surface area contributed by atoms with Gasteiger partial charge in [0.1, 0.15) is 0 Å². The minimum Gasteiger partial charge on any atom is -0.385 e. The Kier molecular flexibility index (Phi) is 10.9. The Morgan fingerprint density at radius 3 is 2.46 bits per heavy atom. The Morgan fingerprint density at radius 1 is 1.12 bits per heavy atom. The van der Waals surface area contributed by atoms with E-state index >= 15 is 0 Å². The molecule has 1 aliphatic heterocycles. The van der Waals surface area contributed by atoms with E-state index < -0.39 is 0 Å². The first-order chi connectivity index (χ1) is 12.1. The predicted molar refractivity (Wildman–Crippen MR) is 121 cm³/mol. The summed E-state index contributed by atoms with van der Waals surface area (Å²) in [6.07, 6.45) is 1.03. The molecule has 1 aromatic carbocycles. The Hall–Kier alpha value is -1.06. The van der Waals surface area contributed by atoms with Gasteiger partial charge in [0.2, 0.25) is 0 Å². The van der Waals surface area contributed by atoms with Crippen molar-refractivity contribution in [3.05, 3.63) is 30.3 Å². The molecule has 3 N–H and O–H groups in total. The van der Waals surface area contributed by atoms with Gasteiger partial charge in [-0.2, -0.15) is 0 Å². The SMILES string of the molecule is CN=C(NCCCNc1ccccc1)NCC(C)(C)N1CCOCC1.I. The lowest BCUT2D eigenvalue weighted by Gasteiger charge is -2.41. The van der Waals surface area contributed by atoms with Crippen molar-refractivity contribution in [3.63, 3.8) is 0 Å². The number of aliphatic imine (C=N–C) groups is 1. The number of morpholine rings is 1. The molecular formula is C19H34IN5O. The highest BCUT2D eigenvalue weighted by Crippen LogP contribution is 2.14. The zero-order valence-electron chi connectivity index (χ0n) is 16.3. The van der Waals surface area contributed by atoms with Crippen LogP contribution in [-0.2, 0) is 4.74 Å². The van der Waals surface area contributed by atoms with Crippen LogP contribution in [-0.4, -0.2) is 69.4 Å². The van der Waals surface area contributed by atoms with Gasteiger partial charge < -0.3 is 20.7 Å². The molecule has 1 aliphatic rings. The molecular weight excluding hydrogens is 441 g/mol. The largest absolute Gasteiger partial charge is 0.385 e. The number of nitrogens with one attached hydrogen (secondary N) is 3. The molecule has 0 bridgehead atoms. The average Bonchev–Trinajstić information content (AvgIpc) is 2.65. The highest BCUT2D eigenvalue weighted by atomic mass is 127. The molecule has 0 saturated carbocycles. The number of guanidine groups is 1. The summed E-state index contributed by atoms with van der Waals surface area (Å²) in [4.78, 5) is 6.80. The van der Waals surface area contributed by atoms with E-state index in [2.05, 4.69) is 51.8 Å². The van der Waals surface area contributed by atoms with E-state index in [0.717, 1.165) is 64.0 Å². The van der Waals surface area contributed by atoms with E-state index in [1.54, 1.807) is 0 Å². The summed E-state index contributed by atoms with van der Waals surface area (Å²) in [5.74, 6) is 0.862. The molecule has 0 radical (unpaired) electrons. The fraction of sp³-hybridized carbons (Fsp3) is 0.632. The normalized spacial score (nSPS) is 15.9. The first-order valence-corrected chi connectivity index (χ1v) is 9.18. The predicted octanol–water partition coefficient (Wildman–Crippen LogP) is 2.38. The summed E-state index contributed by atoms with van der Waals surface area (Å²) < 4.78 is 5.45. The van der Waals surface area contributed by atoms with Gasteiger partial charge in [0.05, 0.1) is 13.2 Å². The molecule has 1 saturated heterocycles. The third-order valence-electron chi connectivity index (χ3n) is 4.53. The third-order valence-corrected chi connectivity index (χ3v) is 4.53. The first-order valence-electron chi connectivity index (χ1n) is 9.18.